The monoisotopic (exact) mass is 355 g/mol. The molecule has 0 atom stereocenters. The van der Waals surface area contributed by atoms with E-state index in [1.54, 1.807) is 24.3 Å². The second-order valence-electron chi connectivity index (χ2n) is 6.47. The molecule has 2 heterocycles. The third kappa shape index (κ3) is 3.29. The Labute approximate surface area is 150 Å². The molecule has 1 aliphatic heterocycles. The molecular weight excluding hydrogens is 334 g/mol. The summed E-state index contributed by atoms with van der Waals surface area (Å²) in [4.78, 5) is 24.6. The number of nitrogens with one attached hydrogen (secondary N) is 1. The van der Waals surface area contributed by atoms with Crippen molar-refractivity contribution in [1.82, 2.24) is 15.1 Å². The number of ether oxygens (including phenoxy) is 2. The molecule has 136 valence electrons. The van der Waals surface area contributed by atoms with Crippen molar-refractivity contribution in [3.63, 3.8) is 0 Å². The van der Waals surface area contributed by atoms with Crippen LogP contribution in [0.5, 0.6) is 11.5 Å². The first kappa shape index (κ1) is 16.6. The number of nitrogens with zero attached hydrogens (tertiary/aromatic N) is 2. The predicted molar refractivity (Wildman–Crippen MR) is 94.9 cm³/mol. The first-order valence-electron chi connectivity index (χ1n) is 8.99. The van der Waals surface area contributed by atoms with Gasteiger partial charge in [-0.2, -0.15) is 5.10 Å². The van der Waals surface area contributed by atoms with Crippen LogP contribution in [0.3, 0.4) is 0 Å². The van der Waals surface area contributed by atoms with Crippen molar-refractivity contribution in [3.05, 3.63) is 51.4 Å². The van der Waals surface area contributed by atoms with Crippen LogP contribution in [-0.2, 0) is 19.4 Å². The van der Waals surface area contributed by atoms with Crippen molar-refractivity contribution in [1.29, 1.82) is 0 Å². The molecule has 0 fully saturated rings. The summed E-state index contributed by atoms with van der Waals surface area (Å²) in [6, 6.07) is 6.92. The van der Waals surface area contributed by atoms with Gasteiger partial charge in [-0.05, 0) is 43.4 Å². The largest absolute Gasteiger partial charge is 0.486 e. The van der Waals surface area contributed by atoms with Crippen molar-refractivity contribution in [3.8, 4) is 11.5 Å². The summed E-state index contributed by atoms with van der Waals surface area (Å²) in [7, 11) is 0. The molecule has 0 radical (unpaired) electrons. The molecule has 0 spiro atoms. The average Bonchev–Trinajstić information content (AvgIpc) is 2.67. The highest BCUT2D eigenvalue weighted by Gasteiger charge is 2.20. The number of carbonyl (C=O) groups is 1. The summed E-state index contributed by atoms with van der Waals surface area (Å²) < 4.78 is 12.5. The zero-order chi connectivity index (χ0) is 17.9. The number of hydrogen-bond acceptors (Lipinski definition) is 5. The number of aryl methyl sites for hydroxylation is 2. The molecule has 7 heteroatoms. The quantitative estimate of drug-likeness (QED) is 0.895. The molecule has 0 saturated carbocycles. The van der Waals surface area contributed by atoms with Crippen LogP contribution in [0.15, 0.2) is 29.1 Å². The van der Waals surface area contributed by atoms with Crippen LogP contribution in [0.25, 0.3) is 0 Å². The number of benzene rings is 1. The summed E-state index contributed by atoms with van der Waals surface area (Å²) >= 11 is 0. The van der Waals surface area contributed by atoms with Crippen LogP contribution in [0, 0.1) is 0 Å². The molecule has 2 aromatic rings. The van der Waals surface area contributed by atoms with E-state index in [1.807, 2.05) is 0 Å². The number of fused-ring (bicyclic) bond motifs is 2. The zero-order valence-corrected chi connectivity index (χ0v) is 14.5. The third-order valence-corrected chi connectivity index (χ3v) is 4.69. The number of para-hydroxylation sites is 1. The van der Waals surface area contributed by atoms with Gasteiger partial charge in [0.05, 0.1) is 17.8 Å². The molecule has 26 heavy (non-hydrogen) atoms. The predicted octanol–water partition coefficient (Wildman–Crippen LogP) is 1.32. The summed E-state index contributed by atoms with van der Waals surface area (Å²) in [6.45, 7) is 1.55. The molecule has 1 N–H and O–H groups in total. The minimum absolute atomic E-state index is 0.117. The van der Waals surface area contributed by atoms with Gasteiger partial charge in [0.15, 0.2) is 11.5 Å². The van der Waals surface area contributed by atoms with Crippen LogP contribution >= 0.6 is 0 Å². The Bertz CT molecular complexity index is 891. The number of aromatic nitrogens is 2. The molecule has 0 unspecified atom stereocenters. The molecular formula is C19H21N3O4. The van der Waals surface area contributed by atoms with Crippen molar-refractivity contribution in [2.75, 3.05) is 19.8 Å². The van der Waals surface area contributed by atoms with Gasteiger partial charge in [0.2, 0.25) is 0 Å². The molecule has 1 aromatic heterocycles. The molecule has 1 aliphatic carbocycles. The van der Waals surface area contributed by atoms with Crippen molar-refractivity contribution < 1.29 is 14.3 Å². The van der Waals surface area contributed by atoms with Crippen LogP contribution in [-0.4, -0.2) is 35.4 Å². The van der Waals surface area contributed by atoms with E-state index in [1.165, 1.54) is 4.68 Å². The Balaban J connectivity index is 1.42. The summed E-state index contributed by atoms with van der Waals surface area (Å²) in [5.41, 5.74) is 2.39. The van der Waals surface area contributed by atoms with Gasteiger partial charge in [0.1, 0.15) is 13.2 Å². The maximum absolute atomic E-state index is 12.5. The van der Waals surface area contributed by atoms with E-state index in [9.17, 15) is 9.59 Å². The molecule has 1 amide bonds. The van der Waals surface area contributed by atoms with E-state index in [0.717, 1.165) is 36.9 Å². The van der Waals surface area contributed by atoms with Gasteiger partial charge in [-0.1, -0.05) is 6.07 Å². The lowest BCUT2D eigenvalue weighted by Crippen LogP contribution is -2.33. The van der Waals surface area contributed by atoms with Gasteiger partial charge in [-0.3, -0.25) is 9.59 Å². The van der Waals surface area contributed by atoms with Gasteiger partial charge in [0, 0.05) is 12.6 Å². The van der Waals surface area contributed by atoms with Gasteiger partial charge in [-0.15, -0.1) is 0 Å². The van der Waals surface area contributed by atoms with Crippen LogP contribution in [0.1, 0.15) is 34.5 Å². The second-order valence-corrected chi connectivity index (χ2v) is 6.47. The number of amides is 1. The van der Waals surface area contributed by atoms with Gasteiger partial charge < -0.3 is 14.8 Å². The zero-order valence-electron chi connectivity index (χ0n) is 14.5. The van der Waals surface area contributed by atoms with Crippen LogP contribution < -0.4 is 20.3 Å². The molecule has 0 saturated heterocycles. The maximum atomic E-state index is 12.5. The first-order valence-corrected chi connectivity index (χ1v) is 8.99. The first-order chi connectivity index (χ1) is 12.7. The topological polar surface area (TPSA) is 82.5 Å². The molecule has 7 nitrogen and oxygen atoms in total. The number of hydrogen-bond donors (Lipinski definition) is 1. The Morgan fingerprint density at radius 2 is 2.04 bits per heavy atom. The third-order valence-electron chi connectivity index (χ3n) is 4.69. The summed E-state index contributed by atoms with van der Waals surface area (Å²) in [6.07, 6.45) is 4.06. The normalized spacial score (nSPS) is 15.2. The highest BCUT2D eigenvalue weighted by Crippen LogP contribution is 2.33. The lowest BCUT2D eigenvalue weighted by molar-refractivity contribution is 0.0940. The average molecular weight is 355 g/mol. The summed E-state index contributed by atoms with van der Waals surface area (Å²) in [5.74, 6) is 0.801. The lowest BCUT2D eigenvalue weighted by atomic mass is 9.97. The highest BCUT2D eigenvalue weighted by atomic mass is 16.6. The van der Waals surface area contributed by atoms with Crippen LogP contribution in [0.4, 0.5) is 0 Å². The fourth-order valence-corrected chi connectivity index (χ4v) is 3.38. The minimum atomic E-state index is -0.252. The second kappa shape index (κ2) is 7.19. The van der Waals surface area contributed by atoms with E-state index in [4.69, 9.17) is 9.47 Å². The van der Waals surface area contributed by atoms with Crippen molar-refractivity contribution >= 4 is 5.91 Å². The minimum Gasteiger partial charge on any atom is -0.486 e. The summed E-state index contributed by atoms with van der Waals surface area (Å²) in [5, 5.41) is 7.29. The van der Waals surface area contributed by atoms with E-state index in [-0.39, 0.29) is 11.5 Å². The van der Waals surface area contributed by atoms with Gasteiger partial charge in [-0.25, -0.2) is 4.68 Å². The van der Waals surface area contributed by atoms with Crippen LogP contribution in [0.2, 0.25) is 0 Å². The maximum Gasteiger partial charge on any atom is 0.267 e. The van der Waals surface area contributed by atoms with E-state index >= 15 is 0 Å². The van der Waals surface area contributed by atoms with E-state index in [2.05, 4.69) is 10.4 Å². The Morgan fingerprint density at radius 3 is 2.96 bits per heavy atom. The fraction of sp³-hybridized carbons (Fsp3) is 0.421. The molecule has 4 rings (SSSR count). The Kier molecular flexibility index (Phi) is 4.60. The van der Waals surface area contributed by atoms with E-state index < -0.39 is 0 Å². The fourth-order valence-electron chi connectivity index (χ4n) is 3.38. The molecule has 2 aliphatic rings. The van der Waals surface area contributed by atoms with Gasteiger partial charge >= 0.3 is 0 Å². The Hall–Kier alpha value is -2.83. The van der Waals surface area contributed by atoms with Gasteiger partial charge in [0.25, 0.3) is 11.5 Å². The smallest absolute Gasteiger partial charge is 0.267 e. The van der Waals surface area contributed by atoms with E-state index in [0.29, 0.717) is 43.4 Å². The molecule has 1 aromatic carbocycles. The SMILES string of the molecule is O=C(NCCn1nc2c(cc1=O)CCCC2)c1cccc2c1OCCO2. The number of rotatable bonds is 4. The Morgan fingerprint density at radius 1 is 1.19 bits per heavy atom. The lowest BCUT2D eigenvalue weighted by Gasteiger charge is -2.20. The van der Waals surface area contributed by atoms with Crippen molar-refractivity contribution in [2.24, 2.45) is 0 Å². The van der Waals surface area contributed by atoms with Crippen molar-refractivity contribution in [2.45, 2.75) is 32.2 Å². The standard InChI is InChI=1S/C19H21N3O4/c23-17-12-13-4-1-2-6-15(13)21-22(17)9-8-20-19(24)14-5-3-7-16-18(14)26-11-10-25-16/h3,5,7,12H,1-2,4,6,8-11H2,(H,20,24). The molecule has 0 bridgehead atoms. The number of carbonyl (C=O) groups excluding carboxylic acids is 1. The highest BCUT2D eigenvalue weighted by molar-refractivity contribution is 5.97.